The van der Waals surface area contributed by atoms with Crippen molar-refractivity contribution in [1.29, 1.82) is 0 Å². The maximum atomic E-state index is 12.0. The van der Waals surface area contributed by atoms with Gasteiger partial charge in [0.2, 0.25) is 0 Å². The van der Waals surface area contributed by atoms with Crippen LogP contribution in [0.1, 0.15) is 55.0 Å². The highest BCUT2D eigenvalue weighted by Crippen LogP contribution is 2.24. The van der Waals surface area contributed by atoms with Crippen LogP contribution >= 0.6 is 0 Å². The number of nitrogens with two attached hydrogens (primary N) is 1. The molecule has 0 atom stereocenters. The molecule has 0 aromatic carbocycles. The lowest BCUT2D eigenvalue weighted by Crippen LogP contribution is -2.23. The molecule has 1 heterocycles. The Labute approximate surface area is 102 Å². The molecule has 17 heavy (non-hydrogen) atoms. The minimum Gasteiger partial charge on any atom is -0.326 e. The zero-order chi connectivity index (χ0) is 12.3. The number of hydrogen-bond donors (Lipinski definition) is 2. The molecular formula is C14H22N2O. The quantitative estimate of drug-likeness (QED) is 0.786. The Kier molecular flexibility index (Phi) is 4.00. The number of aromatic nitrogens is 1. The smallest absolute Gasteiger partial charge is 0.252 e. The molecule has 0 saturated carbocycles. The Hall–Kier alpha value is -1.09. The normalized spacial score (nSPS) is 15.4. The van der Waals surface area contributed by atoms with Gasteiger partial charge in [0, 0.05) is 17.8 Å². The molecule has 2 rings (SSSR count). The molecule has 94 valence electrons. The Morgan fingerprint density at radius 3 is 2.53 bits per heavy atom. The molecular weight excluding hydrogens is 212 g/mol. The van der Waals surface area contributed by atoms with Gasteiger partial charge in [-0.2, -0.15) is 0 Å². The monoisotopic (exact) mass is 234 g/mol. The van der Waals surface area contributed by atoms with Crippen molar-refractivity contribution >= 4 is 0 Å². The number of hydrogen-bond acceptors (Lipinski definition) is 2. The zero-order valence-corrected chi connectivity index (χ0v) is 10.6. The number of H-pyrrole nitrogens is 1. The van der Waals surface area contributed by atoms with E-state index < -0.39 is 0 Å². The van der Waals surface area contributed by atoms with E-state index in [0.717, 1.165) is 36.9 Å². The minimum absolute atomic E-state index is 0.0385. The van der Waals surface area contributed by atoms with Crippen molar-refractivity contribution in [3.63, 3.8) is 0 Å². The van der Waals surface area contributed by atoms with E-state index in [1.165, 1.54) is 30.4 Å². The molecule has 1 aliphatic carbocycles. The van der Waals surface area contributed by atoms with Gasteiger partial charge in [-0.15, -0.1) is 0 Å². The molecule has 1 aliphatic rings. The average Bonchev–Trinajstić information content (AvgIpc) is 2.55. The first kappa shape index (κ1) is 12.4. The molecule has 0 bridgehead atoms. The van der Waals surface area contributed by atoms with Crippen molar-refractivity contribution in [3.8, 4) is 0 Å². The van der Waals surface area contributed by atoms with Gasteiger partial charge < -0.3 is 10.7 Å². The molecule has 3 nitrogen and oxygen atoms in total. The third-order valence-electron chi connectivity index (χ3n) is 3.69. The van der Waals surface area contributed by atoms with E-state index >= 15 is 0 Å². The third-order valence-corrected chi connectivity index (χ3v) is 3.69. The lowest BCUT2D eigenvalue weighted by Gasteiger charge is -2.15. The first-order valence-electron chi connectivity index (χ1n) is 6.73. The second kappa shape index (κ2) is 5.50. The van der Waals surface area contributed by atoms with Crippen molar-refractivity contribution in [1.82, 2.24) is 4.98 Å². The summed E-state index contributed by atoms with van der Waals surface area (Å²) in [5, 5.41) is 0. The van der Waals surface area contributed by atoms with Gasteiger partial charge in [0.05, 0.1) is 0 Å². The predicted octanol–water partition coefficient (Wildman–Crippen LogP) is 2.05. The predicted molar refractivity (Wildman–Crippen MR) is 70.2 cm³/mol. The number of fused-ring (bicyclic) bond motifs is 1. The summed E-state index contributed by atoms with van der Waals surface area (Å²) in [5.41, 5.74) is 10.4. The second-order valence-electron chi connectivity index (χ2n) is 4.88. The number of aromatic amines is 1. The lowest BCUT2D eigenvalue weighted by atomic mass is 9.95. The second-order valence-corrected chi connectivity index (χ2v) is 4.88. The van der Waals surface area contributed by atoms with Crippen LogP contribution in [0.5, 0.6) is 0 Å². The van der Waals surface area contributed by atoms with Gasteiger partial charge in [-0.1, -0.05) is 19.8 Å². The Balaban J connectivity index is 2.57. The maximum absolute atomic E-state index is 12.0. The summed E-state index contributed by atoms with van der Waals surface area (Å²) in [6.45, 7) is 2.52. The van der Waals surface area contributed by atoms with Crippen molar-refractivity contribution in [2.75, 3.05) is 0 Å². The van der Waals surface area contributed by atoms with E-state index in [0.29, 0.717) is 6.54 Å². The fourth-order valence-corrected chi connectivity index (χ4v) is 2.85. The van der Waals surface area contributed by atoms with Crippen LogP contribution in [-0.4, -0.2) is 4.98 Å². The third kappa shape index (κ3) is 2.44. The van der Waals surface area contributed by atoms with Crippen molar-refractivity contribution < 1.29 is 0 Å². The summed E-state index contributed by atoms with van der Waals surface area (Å²) in [6.07, 6.45) is 7.87. The van der Waals surface area contributed by atoms with Gasteiger partial charge in [-0.25, -0.2) is 0 Å². The molecule has 0 unspecified atom stereocenters. The van der Waals surface area contributed by atoms with Crippen molar-refractivity contribution in [2.45, 2.75) is 58.4 Å². The van der Waals surface area contributed by atoms with Crippen LogP contribution < -0.4 is 11.3 Å². The molecule has 0 fully saturated rings. The summed E-state index contributed by atoms with van der Waals surface area (Å²) in [5.74, 6) is 0. The topological polar surface area (TPSA) is 58.9 Å². The molecule has 3 heteroatoms. The first-order chi connectivity index (χ1) is 8.27. The van der Waals surface area contributed by atoms with Crippen LogP contribution in [0.3, 0.4) is 0 Å². The highest BCUT2D eigenvalue weighted by Gasteiger charge is 2.17. The van der Waals surface area contributed by atoms with E-state index in [9.17, 15) is 4.79 Å². The maximum Gasteiger partial charge on any atom is 0.252 e. The summed E-state index contributed by atoms with van der Waals surface area (Å²) in [6, 6.07) is 0. The Bertz CT molecular complexity index is 448. The van der Waals surface area contributed by atoms with Crippen LogP contribution in [-0.2, 0) is 25.8 Å². The molecule has 0 aliphatic heterocycles. The molecule has 0 radical (unpaired) electrons. The van der Waals surface area contributed by atoms with Gasteiger partial charge in [0.15, 0.2) is 0 Å². The number of nitrogens with one attached hydrogen (secondary N) is 1. The Morgan fingerprint density at radius 1 is 1.18 bits per heavy atom. The van der Waals surface area contributed by atoms with Crippen LogP contribution in [0.25, 0.3) is 0 Å². The summed E-state index contributed by atoms with van der Waals surface area (Å²) >= 11 is 0. The minimum atomic E-state index is 0.0385. The van der Waals surface area contributed by atoms with E-state index in [2.05, 4.69) is 11.9 Å². The fourth-order valence-electron chi connectivity index (χ4n) is 2.85. The molecule has 0 saturated heterocycles. The van der Waals surface area contributed by atoms with Gasteiger partial charge in [0.25, 0.3) is 5.56 Å². The van der Waals surface area contributed by atoms with Crippen LogP contribution in [0.15, 0.2) is 4.79 Å². The van der Waals surface area contributed by atoms with Crippen molar-refractivity contribution in [3.05, 3.63) is 32.7 Å². The molecule has 3 N–H and O–H groups in total. The number of rotatable bonds is 3. The van der Waals surface area contributed by atoms with Crippen LogP contribution in [0, 0.1) is 0 Å². The molecule has 1 aromatic heterocycles. The SMILES string of the molecule is CCCc1[nH]c(=O)c(CN)c2c1CCCCC2. The van der Waals surface area contributed by atoms with E-state index in [1.807, 2.05) is 0 Å². The lowest BCUT2D eigenvalue weighted by molar-refractivity contribution is 0.708. The summed E-state index contributed by atoms with van der Waals surface area (Å²) in [7, 11) is 0. The first-order valence-corrected chi connectivity index (χ1v) is 6.73. The average molecular weight is 234 g/mol. The van der Waals surface area contributed by atoms with E-state index in [-0.39, 0.29) is 5.56 Å². The van der Waals surface area contributed by atoms with Gasteiger partial charge in [-0.05, 0) is 43.2 Å². The van der Waals surface area contributed by atoms with Gasteiger partial charge in [-0.3, -0.25) is 4.79 Å². The molecule has 1 aromatic rings. The summed E-state index contributed by atoms with van der Waals surface area (Å²) in [4.78, 5) is 15.0. The van der Waals surface area contributed by atoms with E-state index in [4.69, 9.17) is 5.73 Å². The summed E-state index contributed by atoms with van der Waals surface area (Å²) < 4.78 is 0. The van der Waals surface area contributed by atoms with Crippen molar-refractivity contribution in [2.24, 2.45) is 5.73 Å². The Morgan fingerprint density at radius 2 is 1.88 bits per heavy atom. The highest BCUT2D eigenvalue weighted by atomic mass is 16.1. The van der Waals surface area contributed by atoms with E-state index in [1.54, 1.807) is 0 Å². The molecule has 0 spiro atoms. The number of aryl methyl sites for hydroxylation is 1. The number of pyridine rings is 1. The molecule has 0 amide bonds. The van der Waals surface area contributed by atoms with Crippen LogP contribution in [0.4, 0.5) is 0 Å². The zero-order valence-electron chi connectivity index (χ0n) is 10.6. The van der Waals surface area contributed by atoms with Gasteiger partial charge in [0.1, 0.15) is 0 Å². The largest absolute Gasteiger partial charge is 0.326 e. The van der Waals surface area contributed by atoms with Crippen LogP contribution in [0.2, 0.25) is 0 Å². The van der Waals surface area contributed by atoms with Gasteiger partial charge >= 0.3 is 0 Å². The fraction of sp³-hybridized carbons (Fsp3) is 0.643. The standard InChI is InChI=1S/C14H22N2O/c1-2-6-13-11-8-5-3-4-7-10(11)12(9-15)14(17)16-13/h2-9,15H2,1H3,(H,16,17). The highest BCUT2D eigenvalue weighted by molar-refractivity contribution is 5.38.